The normalized spacial score (nSPS) is 10.2. The molecule has 0 spiro atoms. The predicted molar refractivity (Wildman–Crippen MR) is 80.6 cm³/mol. The molecule has 0 fully saturated rings. The molecule has 4 nitrogen and oxygen atoms in total. The Bertz CT molecular complexity index is 599. The summed E-state index contributed by atoms with van der Waals surface area (Å²) in [6.45, 7) is 3.19. The molecule has 0 radical (unpaired) electrons. The van der Waals surface area contributed by atoms with Crippen LogP contribution in [0, 0.1) is 5.82 Å². The number of amides is 1. The molecule has 0 saturated heterocycles. The topological polar surface area (TPSA) is 54.0 Å². The first-order valence-corrected chi connectivity index (χ1v) is 6.91. The summed E-state index contributed by atoms with van der Waals surface area (Å²) in [5.74, 6) is -0.467. The molecule has 0 saturated carbocycles. The molecule has 0 aliphatic rings. The molecule has 0 aliphatic heterocycles. The van der Waals surface area contributed by atoms with Gasteiger partial charge in [-0.15, -0.1) is 0 Å². The van der Waals surface area contributed by atoms with Crippen LogP contribution in [0.2, 0.25) is 0 Å². The fourth-order valence-corrected chi connectivity index (χ4v) is 1.87. The summed E-state index contributed by atoms with van der Waals surface area (Å²) in [7, 11) is 0. The number of aromatic nitrogens is 1. The van der Waals surface area contributed by atoms with Crippen molar-refractivity contribution in [2.45, 2.75) is 19.9 Å². The first-order chi connectivity index (χ1) is 10.2. The van der Waals surface area contributed by atoms with Crippen LogP contribution in [0.25, 0.3) is 0 Å². The molecule has 2 aromatic rings. The van der Waals surface area contributed by atoms with Crippen LogP contribution in [0.15, 0.2) is 42.7 Å². The minimum Gasteiger partial charge on any atom is -0.383 e. The minimum atomic E-state index is -0.287. The molecule has 1 aromatic heterocycles. The van der Waals surface area contributed by atoms with Crippen molar-refractivity contribution >= 4 is 11.6 Å². The molecule has 1 amide bonds. The predicted octanol–water partition coefficient (Wildman–Crippen LogP) is 2.97. The third-order valence-electron chi connectivity index (χ3n) is 3.00. The van der Waals surface area contributed by atoms with E-state index in [4.69, 9.17) is 0 Å². The number of hydrogen-bond donors (Lipinski definition) is 2. The van der Waals surface area contributed by atoms with Crippen LogP contribution in [-0.4, -0.2) is 17.4 Å². The molecule has 5 heteroatoms. The third-order valence-corrected chi connectivity index (χ3v) is 3.00. The Morgan fingerprint density at radius 2 is 2.00 bits per heavy atom. The van der Waals surface area contributed by atoms with Gasteiger partial charge in [0.05, 0.1) is 17.4 Å². The van der Waals surface area contributed by atoms with Gasteiger partial charge in [-0.25, -0.2) is 4.39 Å². The van der Waals surface area contributed by atoms with Crippen LogP contribution >= 0.6 is 0 Å². The monoisotopic (exact) mass is 287 g/mol. The molecule has 0 bridgehead atoms. The van der Waals surface area contributed by atoms with E-state index < -0.39 is 0 Å². The zero-order valence-corrected chi connectivity index (χ0v) is 11.9. The van der Waals surface area contributed by atoms with E-state index in [1.54, 1.807) is 30.6 Å². The van der Waals surface area contributed by atoms with Crippen LogP contribution in [0.1, 0.15) is 29.3 Å². The second-order valence-corrected chi connectivity index (χ2v) is 4.66. The Morgan fingerprint density at radius 3 is 2.71 bits per heavy atom. The number of carbonyl (C=O) groups is 1. The molecule has 2 rings (SSSR count). The Balaban J connectivity index is 2.01. The zero-order valence-electron chi connectivity index (χ0n) is 11.9. The molecule has 110 valence electrons. The summed E-state index contributed by atoms with van der Waals surface area (Å²) in [6, 6.07) is 7.74. The summed E-state index contributed by atoms with van der Waals surface area (Å²) in [5, 5.41) is 6.00. The number of pyridine rings is 1. The number of hydrogen-bond acceptors (Lipinski definition) is 3. The van der Waals surface area contributed by atoms with Crippen molar-refractivity contribution < 1.29 is 9.18 Å². The number of anilines is 1. The molecule has 21 heavy (non-hydrogen) atoms. The van der Waals surface area contributed by atoms with Crippen molar-refractivity contribution in [3.8, 4) is 0 Å². The number of nitrogens with one attached hydrogen (secondary N) is 2. The molecule has 0 atom stereocenters. The van der Waals surface area contributed by atoms with Crippen molar-refractivity contribution in [1.82, 2.24) is 10.3 Å². The highest BCUT2D eigenvalue weighted by Crippen LogP contribution is 2.13. The van der Waals surface area contributed by atoms with Gasteiger partial charge < -0.3 is 10.6 Å². The Hall–Kier alpha value is -2.43. The Labute approximate surface area is 123 Å². The maximum Gasteiger partial charge on any atom is 0.253 e. The third kappa shape index (κ3) is 4.27. The van der Waals surface area contributed by atoms with Crippen LogP contribution in [0.3, 0.4) is 0 Å². The quantitative estimate of drug-likeness (QED) is 0.859. The van der Waals surface area contributed by atoms with E-state index in [2.05, 4.69) is 22.5 Å². The van der Waals surface area contributed by atoms with Crippen LogP contribution < -0.4 is 10.6 Å². The smallest absolute Gasteiger partial charge is 0.253 e. The van der Waals surface area contributed by atoms with Gasteiger partial charge in [0.1, 0.15) is 5.82 Å². The van der Waals surface area contributed by atoms with Gasteiger partial charge in [0.2, 0.25) is 0 Å². The number of carbonyl (C=O) groups excluding carboxylic acids is 1. The average Bonchev–Trinajstić information content (AvgIpc) is 2.52. The largest absolute Gasteiger partial charge is 0.383 e. The van der Waals surface area contributed by atoms with Gasteiger partial charge >= 0.3 is 0 Å². The maximum atomic E-state index is 12.8. The maximum absolute atomic E-state index is 12.8. The van der Waals surface area contributed by atoms with Crippen molar-refractivity contribution in [2.24, 2.45) is 0 Å². The lowest BCUT2D eigenvalue weighted by Crippen LogP contribution is -2.24. The van der Waals surface area contributed by atoms with E-state index in [1.165, 1.54) is 12.1 Å². The van der Waals surface area contributed by atoms with Crippen molar-refractivity contribution in [1.29, 1.82) is 0 Å². The minimum absolute atomic E-state index is 0.180. The number of rotatable bonds is 6. The van der Waals surface area contributed by atoms with Crippen molar-refractivity contribution in [3.05, 3.63) is 59.7 Å². The average molecular weight is 287 g/mol. The molecule has 1 heterocycles. The molecule has 1 aromatic carbocycles. The zero-order chi connectivity index (χ0) is 15.1. The van der Waals surface area contributed by atoms with Gasteiger partial charge in [-0.2, -0.15) is 0 Å². The van der Waals surface area contributed by atoms with Crippen LogP contribution in [-0.2, 0) is 6.54 Å². The first-order valence-electron chi connectivity index (χ1n) is 6.91. The molecular formula is C16H18FN3O. The molecular weight excluding hydrogens is 269 g/mol. The van der Waals surface area contributed by atoms with E-state index in [1.807, 2.05) is 0 Å². The first kappa shape index (κ1) is 15.0. The summed E-state index contributed by atoms with van der Waals surface area (Å²) in [4.78, 5) is 16.2. The summed E-state index contributed by atoms with van der Waals surface area (Å²) in [6.07, 6.45) is 4.19. The van der Waals surface area contributed by atoms with Gasteiger partial charge in [0.15, 0.2) is 0 Å². The fraction of sp³-hybridized carbons (Fsp3) is 0.250. The summed E-state index contributed by atoms with van der Waals surface area (Å²) in [5.41, 5.74) is 2.12. The van der Waals surface area contributed by atoms with Gasteiger partial charge in [-0.1, -0.05) is 19.1 Å². The standard InChI is InChI=1S/C16H18FN3O/c1-2-8-19-15-11-18-9-7-14(15)16(21)20-10-12-3-5-13(17)6-4-12/h3-7,9,11,19H,2,8,10H2,1H3,(H,20,21). The SMILES string of the molecule is CCCNc1cnccc1C(=O)NCc1ccc(F)cc1. The number of halogens is 1. The lowest BCUT2D eigenvalue weighted by molar-refractivity contribution is 0.0951. The number of nitrogens with zero attached hydrogens (tertiary/aromatic N) is 1. The summed E-state index contributed by atoms with van der Waals surface area (Å²) >= 11 is 0. The van der Waals surface area contributed by atoms with Crippen LogP contribution in [0.4, 0.5) is 10.1 Å². The highest BCUT2D eigenvalue weighted by molar-refractivity contribution is 5.99. The highest BCUT2D eigenvalue weighted by Gasteiger charge is 2.10. The van der Waals surface area contributed by atoms with Crippen molar-refractivity contribution in [2.75, 3.05) is 11.9 Å². The Morgan fingerprint density at radius 1 is 1.24 bits per heavy atom. The molecule has 0 unspecified atom stereocenters. The summed E-state index contributed by atoms with van der Waals surface area (Å²) < 4.78 is 12.8. The van der Waals surface area contributed by atoms with E-state index in [0.29, 0.717) is 12.1 Å². The van der Waals surface area contributed by atoms with Crippen LogP contribution in [0.5, 0.6) is 0 Å². The van der Waals surface area contributed by atoms with Crippen molar-refractivity contribution in [3.63, 3.8) is 0 Å². The lowest BCUT2D eigenvalue weighted by atomic mass is 10.2. The van der Waals surface area contributed by atoms with E-state index in [0.717, 1.165) is 24.2 Å². The molecule has 0 aliphatic carbocycles. The van der Waals surface area contributed by atoms with E-state index >= 15 is 0 Å². The second kappa shape index (κ2) is 7.38. The van der Waals surface area contributed by atoms with E-state index in [9.17, 15) is 9.18 Å². The molecule has 2 N–H and O–H groups in total. The fourth-order valence-electron chi connectivity index (χ4n) is 1.87. The second-order valence-electron chi connectivity index (χ2n) is 4.66. The van der Waals surface area contributed by atoms with Gasteiger partial charge in [-0.3, -0.25) is 9.78 Å². The van der Waals surface area contributed by atoms with Gasteiger partial charge in [-0.05, 0) is 30.2 Å². The number of benzene rings is 1. The Kier molecular flexibility index (Phi) is 5.26. The van der Waals surface area contributed by atoms with E-state index in [-0.39, 0.29) is 11.7 Å². The lowest BCUT2D eigenvalue weighted by Gasteiger charge is -2.11. The van der Waals surface area contributed by atoms with Gasteiger partial charge in [0.25, 0.3) is 5.91 Å². The highest BCUT2D eigenvalue weighted by atomic mass is 19.1. The van der Waals surface area contributed by atoms with Gasteiger partial charge in [0, 0.05) is 19.3 Å².